The molecule has 0 spiro atoms. The van der Waals surface area contributed by atoms with Crippen LogP contribution in [0.2, 0.25) is 0 Å². The average Bonchev–Trinajstić information content (AvgIpc) is 2.24. The van der Waals surface area contributed by atoms with E-state index in [2.05, 4.69) is 20.4 Å². The third-order valence-corrected chi connectivity index (χ3v) is 2.34. The van der Waals surface area contributed by atoms with Crippen LogP contribution in [0.1, 0.15) is 39.5 Å². The zero-order valence-corrected chi connectivity index (χ0v) is 10.0. The molecule has 0 heterocycles. The smallest absolute Gasteiger partial charge is 0.239 e. The molecule has 88 valence electrons. The maximum absolute atomic E-state index is 11.9. The molecule has 0 bridgehead atoms. The first-order valence-corrected chi connectivity index (χ1v) is 5.82. The van der Waals surface area contributed by atoms with Gasteiger partial charge in [-0.15, -0.1) is 6.58 Å². The van der Waals surface area contributed by atoms with Crippen molar-refractivity contribution in [1.82, 2.24) is 4.90 Å². The molecule has 15 heavy (non-hydrogen) atoms. The van der Waals surface area contributed by atoms with Gasteiger partial charge in [-0.1, -0.05) is 32.8 Å². The number of nitrogens with two attached hydrogens (primary N) is 1. The molecule has 0 aliphatic heterocycles. The quantitative estimate of drug-likeness (QED) is 0.625. The van der Waals surface area contributed by atoms with E-state index in [0.717, 1.165) is 32.2 Å². The van der Waals surface area contributed by atoms with Gasteiger partial charge >= 0.3 is 0 Å². The average molecular weight is 212 g/mol. The van der Waals surface area contributed by atoms with Crippen LogP contribution in [0.3, 0.4) is 0 Å². The van der Waals surface area contributed by atoms with Gasteiger partial charge in [0.2, 0.25) is 5.91 Å². The second kappa shape index (κ2) is 8.48. The van der Waals surface area contributed by atoms with E-state index < -0.39 is 0 Å². The molecule has 0 aromatic heterocycles. The molecule has 0 aromatic carbocycles. The fourth-order valence-electron chi connectivity index (χ4n) is 1.50. The van der Waals surface area contributed by atoms with Gasteiger partial charge in [0, 0.05) is 13.1 Å². The molecule has 1 amide bonds. The highest BCUT2D eigenvalue weighted by Crippen LogP contribution is 2.03. The van der Waals surface area contributed by atoms with Crippen molar-refractivity contribution < 1.29 is 4.79 Å². The topological polar surface area (TPSA) is 46.3 Å². The normalized spacial score (nSPS) is 12.2. The Balaban J connectivity index is 4.14. The lowest BCUT2D eigenvalue weighted by Gasteiger charge is -2.23. The number of hydrogen-bond donors (Lipinski definition) is 1. The van der Waals surface area contributed by atoms with E-state index in [1.54, 1.807) is 11.0 Å². The minimum absolute atomic E-state index is 0.0604. The number of nitrogens with zero attached hydrogens (tertiary/aromatic N) is 1. The summed E-state index contributed by atoms with van der Waals surface area (Å²) in [6.45, 7) is 9.18. The van der Waals surface area contributed by atoms with E-state index in [1.165, 1.54) is 0 Å². The predicted molar refractivity (Wildman–Crippen MR) is 64.6 cm³/mol. The van der Waals surface area contributed by atoms with E-state index in [0.29, 0.717) is 6.54 Å². The largest absolute Gasteiger partial charge is 0.338 e. The molecular weight excluding hydrogens is 188 g/mol. The Kier molecular flexibility index (Phi) is 8.01. The molecular formula is C12H24N2O. The van der Waals surface area contributed by atoms with E-state index in [9.17, 15) is 4.79 Å². The van der Waals surface area contributed by atoms with E-state index in [1.807, 2.05) is 0 Å². The summed E-state index contributed by atoms with van der Waals surface area (Å²) >= 11 is 0. The van der Waals surface area contributed by atoms with Gasteiger partial charge in [-0.2, -0.15) is 0 Å². The van der Waals surface area contributed by atoms with Crippen LogP contribution in [0.15, 0.2) is 12.7 Å². The van der Waals surface area contributed by atoms with Crippen molar-refractivity contribution in [3.05, 3.63) is 12.7 Å². The number of carbonyl (C=O) groups excluding carboxylic acids is 1. The van der Waals surface area contributed by atoms with Crippen molar-refractivity contribution in [3.63, 3.8) is 0 Å². The van der Waals surface area contributed by atoms with Crippen molar-refractivity contribution in [2.24, 2.45) is 5.73 Å². The summed E-state index contributed by atoms with van der Waals surface area (Å²) in [5.41, 5.74) is 5.84. The lowest BCUT2D eigenvalue weighted by Crippen LogP contribution is -2.44. The molecule has 1 atom stereocenters. The SMILES string of the molecule is C=CCN(CCC)C(=O)[C@@H](N)CCCC. The summed E-state index contributed by atoms with van der Waals surface area (Å²) in [6, 6.07) is -0.337. The van der Waals surface area contributed by atoms with Crippen LogP contribution in [0.5, 0.6) is 0 Å². The van der Waals surface area contributed by atoms with E-state index in [4.69, 9.17) is 5.73 Å². The fraction of sp³-hybridized carbons (Fsp3) is 0.750. The van der Waals surface area contributed by atoms with Crippen LogP contribution < -0.4 is 5.73 Å². The summed E-state index contributed by atoms with van der Waals surface area (Å²) < 4.78 is 0. The van der Waals surface area contributed by atoms with Crippen molar-refractivity contribution >= 4 is 5.91 Å². The number of unbranched alkanes of at least 4 members (excludes halogenated alkanes) is 1. The number of amides is 1. The van der Waals surface area contributed by atoms with Gasteiger partial charge < -0.3 is 10.6 Å². The van der Waals surface area contributed by atoms with E-state index >= 15 is 0 Å². The summed E-state index contributed by atoms with van der Waals surface area (Å²) in [6.07, 6.45) is 5.59. The van der Waals surface area contributed by atoms with Crippen LogP contribution in [0.4, 0.5) is 0 Å². The summed E-state index contributed by atoms with van der Waals surface area (Å²) in [5.74, 6) is 0.0604. The molecule has 0 aromatic rings. The van der Waals surface area contributed by atoms with Crippen molar-refractivity contribution in [2.45, 2.75) is 45.6 Å². The highest BCUT2D eigenvalue weighted by atomic mass is 16.2. The van der Waals surface area contributed by atoms with Gasteiger partial charge in [0.1, 0.15) is 0 Å². The third-order valence-electron chi connectivity index (χ3n) is 2.34. The molecule has 2 N–H and O–H groups in total. The van der Waals surface area contributed by atoms with Gasteiger partial charge in [0.15, 0.2) is 0 Å². The van der Waals surface area contributed by atoms with Crippen LogP contribution in [-0.4, -0.2) is 29.9 Å². The Morgan fingerprint density at radius 1 is 1.47 bits per heavy atom. The van der Waals surface area contributed by atoms with Crippen LogP contribution in [0, 0.1) is 0 Å². The second-order valence-corrected chi connectivity index (χ2v) is 3.82. The first kappa shape index (κ1) is 14.2. The molecule has 3 heteroatoms. The van der Waals surface area contributed by atoms with Gasteiger partial charge in [-0.25, -0.2) is 0 Å². The van der Waals surface area contributed by atoms with Crippen LogP contribution in [0.25, 0.3) is 0 Å². The molecule has 0 saturated heterocycles. The summed E-state index contributed by atoms with van der Waals surface area (Å²) in [4.78, 5) is 13.7. The lowest BCUT2D eigenvalue weighted by molar-refractivity contribution is -0.132. The molecule has 0 unspecified atom stereocenters. The molecule has 3 nitrogen and oxygen atoms in total. The highest BCUT2D eigenvalue weighted by Gasteiger charge is 2.18. The maximum atomic E-state index is 11.9. The standard InChI is InChI=1S/C12H24N2O/c1-4-7-8-11(13)12(15)14(9-5-2)10-6-3/h5,11H,2,4,6-10,13H2,1,3H3/t11-/m0/s1. The number of carbonyl (C=O) groups is 1. The van der Waals surface area contributed by atoms with Gasteiger partial charge in [-0.3, -0.25) is 4.79 Å². The van der Waals surface area contributed by atoms with Gasteiger partial charge in [0.25, 0.3) is 0 Å². The minimum atomic E-state index is -0.337. The van der Waals surface area contributed by atoms with Gasteiger partial charge in [-0.05, 0) is 12.8 Å². The Bertz CT molecular complexity index is 192. The first-order valence-electron chi connectivity index (χ1n) is 5.82. The molecule has 0 fully saturated rings. The zero-order valence-electron chi connectivity index (χ0n) is 10.0. The molecule has 0 aliphatic rings. The van der Waals surface area contributed by atoms with Crippen LogP contribution in [-0.2, 0) is 4.79 Å². The molecule has 0 aliphatic carbocycles. The van der Waals surface area contributed by atoms with Crippen molar-refractivity contribution in [2.75, 3.05) is 13.1 Å². The van der Waals surface area contributed by atoms with Gasteiger partial charge in [0.05, 0.1) is 6.04 Å². The second-order valence-electron chi connectivity index (χ2n) is 3.82. The summed E-state index contributed by atoms with van der Waals surface area (Å²) in [5, 5.41) is 0. The first-order chi connectivity index (χ1) is 7.17. The summed E-state index contributed by atoms with van der Waals surface area (Å²) in [7, 11) is 0. The Labute approximate surface area is 93.3 Å². The highest BCUT2D eigenvalue weighted by molar-refractivity contribution is 5.81. The predicted octanol–water partition coefficient (Wildman–Crippen LogP) is 1.93. The Hall–Kier alpha value is -0.830. The zero-order chi connectivity index (χ0) is 11.7. The number of rotatable bonds is 8. The Morgan fingerprint density at radius 2 is 2.13 bits per heavy atom. The molecule has 0 saturated carbocycles. The van der Waals surface area contributed by atoms with E-state index in [-0.39, 0.29) is 11.9 Å². The minimum Gasteiger partial charge on any atom is -0.338 e. The number of hydrogen-bond acceptors (Lipinski definition) is 2. The Morgan fingerprint density at radius 3 is 2.60 bits per heavy atom. The lowest BCUT2D eigenvalue weighted by atomic mass is 10.1. The van der Waals surface area contributed by atoms with Crippen molar-refractivity contribution in [1.29, 1.82) is 0 Å². The third kappa shape index (κ3) is 5.57. The van der Waals surface area contributed by atoms with Crippen LogP contribution >= 0.6 is 0 Å². The maximum Gasteiger partial charge on any atom is 0.239 e. The fourth-order valence-corrected chi connectivity index (χ4v) is 1.50. The monoisotopic (exact) mass is 212 g/mol. The molecule has 0 rings (SSSR count). The molecule has 0 radical (unpaired) electrons. The van der Waals surface area contributed by atoms with Crippen molar-refractivity contribution in [3.8, 4) is 0 Å².